The molecule has 0 spiro atoms. The highest BCUT2D eigenvalue weighted by Gasteiger charge is 2.49. The fourth-order valence-corrected chi connectivity index (χ4v) is 4.31. The van der Waals surface area contributed by atoms with Crippen LogP contribution in [-0.2, 0) is 29.7 Å². The molecule has 2 aliphatic rings. The van der Waals surface area contributed by atoms with Gasteiger partial charge in [0.1, 0.15) is 5.54 Å². The van der Waals surface area contributed by atoms with E-state index in [1.807, 2.05) is 12.1 Å². The summed E-state index contributed by atoms with van der Waals surface area (Å²) in [7, 11) is 0. The molecule has 0 unspecified atom stereocenters. The van der Waals surface area contributed by atoms with Crippen molar-refractivity contribution < 1.29 is 14.1 Å². The lowest BCUT2D eigenvalue weighted by molar-refractivity contribution is -0.131. The van der Waals surface area contributed by atoms with Gasteiger partial charge in [-0.05, 0) is 61.1 Å². The Labute approximate surface area is 178 Å². The van der Waals surface area contributed by atoms with Gasteiger partial charge in [0, 0.05) is 10.6 Å². The van der Waals surface area contributed by atoms with Crippen molar-refractivity contribution in [1.29, 1.82) is 0 Å². The van der Waals surface area contributed by atoms with E-state index in [-0.39, 0.29) is 24.2 Å². The Morgan fingerprint density at radius 3 is 2.83 bits per heavy atom. The zero-order valence-electron chi connectivity index (χ0n) is 16.3. The van der Waals surface area contributed by atoms with Gasteiger partial charge in [-0.3, -0.25) is 9.69 Å². The summed E-state index contributed by atoms with van der Waals surface area (Å²) in [6.07, 6.45) is 3.18. The molecule has 1 atom stereocenters. The SMILES string of the molecule is C[C@@]1(c2ccc3c(c2)CCC3)NC(=O)N(Cc2noc(-c3cccc(Cl)c3)n2)C1=O. The fraction of sp³-hybridized carbons (Fsp3) is 0.273. The summed E-state index contributed by atoms with van der Waals surface area (Å²) in [5, 5.41) is 7.30. The zero-order chi connectivity index (χ0) is 20.9. The molecule has 30 heavy (non-hydrogen) atoms. The van der Waals surface area contributed by atoms with E-state index in [9.17, 15) is 9.59 Å². The number of benzene rings is 2. The van der Waals surface area contributed by atoms with E-state index in [0.29, 0.717) is 10.6 Å². The van der Waals surface area contributed by atoms with E-state index in [4.69, 9.17) is 16.1 Å². The Kier molecular flexibility index (Phi) is 4.36. The number of hydrogen-bond acceptors (Lipinski definition) is 5. The minimum Gasteiger partial charge on any atom is -0.334 e. The van der Waals surface area contributed by atoms with Crippen molar-refractivity contribution in [1.82, 2.24) is 20.4 Å². The van der Waals surface area contributed by atoms with Crippen LogP contribution in [0.25, 0.3) is 11.5 Å². The molecule has 0 bridgehead atoms. The van der Waals surface area contributed by atoms with Crippen LogP contribution in [0.3, 0.4) is 0 Å². The minimum absolute atomic E-state index is 0.0741. The number of urea groups is 1. The highest BCUT2D eigenvalue weighted by Crippen LogP contribution is 2.33. The summed E-state index contributed by atoms with van der Waals surface area (Å²) in [6, 6.07) is 12.6. The second-order valence-corrected chi connectivity index (χ2v) is 8.25. The molecule has 0 saturated carbocycles. The van der Waals surface area contributed by atoms with E-state index in [2.05, 4.69) is 21.5 Å². The molecular formula is C22H19ClN4O3. The third-order valence-electron chi connectivity index (χ3n) is 5.79. The van der Waals surface area contributed by atoms with Crippen LogP contribution in [0.5, 0.6) is 0 Å². The Morgan fingerprint density at radius 1 is 1.17 bits per heavy atom. The fourth-order valence-electron chi connectivity index (χ4n) is 4.12. The van der Waals surface area contributed by atoms with Crippen LogP contribution < -0.4 is 5.32 Å². The van der Waals surface area contributed by atoms with Crippen LogP contribution in [0, 0.1) is 0 Å². The molecule has 5 rings (SSSR count). The summed E-state index contributed by atoms with van der Waals surface area (Å²) < 4.78 is 5.28. The third-order valence-corrected chi connectivity index (χ3v) is 6.03. The highest BCUT2D eigenvalue weighted by molar-refractivity contribution is 6.30. The van der Waals surface area contributed by atoms with Gasteiger partial charge in [-0.25, -0.2) is 4.79 Å². The van der Waals surface area contributed by atoms with Gasteiger partial charge < -0.3 is 9.84 Å². The van der Waals surface area contributed by atoms with Gasteiger partial charge in [-0.1, -0.05) is 41.0 Å². The van der Waals surface area contributed by atoms with Crippen LogP contribution in [0.4, 0.5) is 4.79 Å². The number of imide groups is 1. The van der Waals surface area contributed by atoms with Gasteiger partial charge in [-0.2, -0.15) is 4.98 Å². The van der Waals surface area contributed by atoms with Crippen molar-refractivity contribution in [3.63, 3.8) is 0 Å². The van der Waals surface area contributed by atoms with Crippen LogP contribution in [0.1, 0.15) is 35.9 Å². The van der Waals surface area contributed by atoms with Crippen molar-refractivity contribution in [2.45, 2.75) is 38.3 Å². The second kappa shape index (κ2) is 6.95. The van der Waals surface area contributed by atoms with Gasteiger partial charge in [-0.15, -0.1) is 0 Å². The average Bonchev–Trinajstić information content (AvgIpc) is 3.44. The monoisotopic (exact) mass is 422 g/mol. The Bertz CT molecular complexity index is 1170. The number of hydrogen-bond donors (Lipinski definition) is 1. The highest BCUT2D eigenvalue weighted by atomic mass is 35.5. The lowest BCUT2D eigenvalue weighted by Gasteiger charge is -2.23. The lowest BCUT2D eigenvalue weighted by Crippen LogP contribution is -2.41. The molecule has 152 valence electrons. The first kappa shape index (κ1) is 18.8. The molecule has 1 N–H and O–H groups in total. The van der Waals surface area contributed by atoms with Crippen LogP contribution in [0.15, 0.2) is 47.0 Å². The summed E-state index contributed by atoms with van der Waals surface area (Å²) in [4.78, 5) is 31.3. The van der Waals surface area contributed by atoms with E-state index in [0.717, 1.165) is 29.7 Å². The van der Waals surface area contributed by atoms with E-state index in [1.165, 1.54) is 11.1 Å². The predicted octanol–water partition coefficient (Wildman–Crippen LogP) is 3.85. The molecular weight excluding hydrogens is 404 g/mol. The van der Waals surface area contributed by atoms with Gasteiger partial charge in [0.15, 0.2) is 5.82 Å². The minimum atomic E-state index is -1.12. The maximum Gasteiger partial charge on any atom is 0.325 e. The summed E-state index contributed by atoms with van der Waals surface area (Å²) in [5.74, 6) is 0.187. The summed E-state index contributed by atoms with van der Waals surface area (Å²) in [6.45, 7) is 1.66. The van der Waals surface area contributed by atoms with Crippen molar-refractivity contribution >= 4 is 23.5 Å². The number of halogens is 1. The molecule has 1 aromatic heterocycles. The number of aromatic nitrogens is 2. The van der Waals surface area contributed by atoms with Crippen molar-refractivity contribution in [3.8, 4) is 11.5 Å². The van der Waals surface area contributed by atoms with Crippen LogP contribution in [0.2, 0.25) is 5.02 Å². The molecule has 7 nitrogen and oxygen atoms in total. The smallest absolute Gasteiger partial charge is 0.325 e. The molecule has 8 heteroatoms. The van der Waals surface area contributed by atoms with Crippen molar-refractivity contribution in [2.24, 2.45) is 0 Å². The summed E-state index contributed by atoms with van der Waals surface area (Å²) in [5.41, 5.74) is 2.90. The second-order valence-electron chi connectivity index (χ2n) is 7.81. The molecule has 1 saturated heterocycles. The van der Waals surface area contributed by atoms with Gasteiger partial charge in [0.2, 0.25) is 0 Å². The number of carbonyl (C=O) groups excluding carboxylic acids is 2. The number of nitrogens with zero attached hydrogens (tertiary/aromatic N) is 3. The largest absolute Gasteiger partial charge is 0.334 e. The molecule has 3 aromatic rings. The van der Waals surface area contributed by atoms with E-state index in [1.54, 1.807) is 31.2 Å². The number of aryl methyl sites for hydroxylation is 2. The Balaban J connectivity index is 1.39. The Hall–Kier alpha value is -3.19. The van der Waals surface area contributed by atoms with Crippen LogP contribution in [-0.4, -0.2) is 27.0 Å². The molecule has 2 heterocycles. The zero-order valence-corrected chi connectivity index (χ0v) is 17.1. The molecule has 3 amide bonds. The molecule has 1 aliphatic heterocycles. The first-order valence-electron chi connectivity index (χ1n) is 9.79. The quantitative estimate of drug-likeness (QED) is 0.645. The molecule has 1 aliphatic carbocycles. The first-order chi connectivity index (χ1) is 14.4. The summed E-state index contributed by atoms with van der Waals surface area (Å²) >= 11 is 6.01. The third kappa shape index (κ3) is 3.06. The van der Waals surface area contributed by atoms with Gasteiger partial charge in [0.25, 0.3) is 11.8 Å². The number of carbonyl (C=O) groups is 2. The van der Waals surface area contributed by atoms with Crippen LogP contribution >= 0.6 is 11.6 Å². The maximum absolute atomic E-state index is 13.2. The number of rotatable bonds is 4. The number of amides is 3. The normalized spacial score (nSPS) is 20.5. The van der Waals surface area contributed by atoms with Crippen molar-refractivity contribution in [2.75, 3.05) is 0 Å². The van der Waals surface area contributed by atoms with E-state index >= 15 is 0 Å². The topological polar surface area (TPSA) is 88.3 Å². The van der Waals surface area contributed by atoms with Crippen molar-refractivity contribution in [3.05, 3.63) is 70.0 Å². The maximum atomic E-state index is 13.2. The average molecular weight is 423 g/mol. The molecule has 2 aromatic carbocycles. The lowest BCUT2D eigenvalue weighted by atomic mass is 9.89. The number of fused-ring (bicyclic) bond motifs is 1. The van der Waals surface area contributed by atoms with Gasteiger partial charge >= 0.3 is 6.03 Å². The van der Waals surface area contributed by atoms with Gasteiger partial charge in [0.05, 0.1) is 6.54 Å². The molecule has 1 fully saturated rings. The predicted molar refractivity (Wildman–Crippen MR) is 110 cm³/mol. The standard InChI is InChI=1S/C22H19ClN4O3/c1-22(16-9-8-13-4-2-5-14(13)10-16)20(28)27(21(29)25-22)12-18-24-19(30-26-18)15-6-3-7-17(23)11-15/h3,6-11H,2,4-5,12H2,1H3,(H,25,29)/t22-/m0/s1. The first-order valence-corrected chi connectivity index (χ1v) is 10.2. The Morgan fingerprint density at radius 2 is 2.00 bits per heavy atom. The van der Waals surface area contributed by atoms with E-state index < -0.39 is 11.6 Å². The molecule has 0 radical (unpaired) electrons. The number of nitrogens with one attached hydrogen (secondary N) is 1.